The molecule has 2 aromatic rings. The van der Waals surface area contributed by atoms with E-state index in [1.165, 1.54) is 10.8 Å². The molecule has 0 radical (unpaired) electrons. The molecular weight excluding hydrogens is 182 g/mol. The lowest BCUT2D eigenvalue weighted by Gasteiger charge is -2.01. The van der Waals surface area contributed by atoms with Crippen LogP contribution in [0.3, 0.4) is 0 Å². The molecule has 2 rings (SSSR count). The summed E-state index contributed by atoms with van der Waals surface area (Å²) in [6.07, 6.45) is 3.01. The van der Waals surface area contributed by atoms with Crippen molar-refractivity contribution in [1.29, 1.82) is 0 Å². The van der Waals surface area contributed by atoms with E-state index in [9.17, 15) is 4.79 Å². The molecule has 0 bridgehead atoms. The van der Waals surface area contributed by atoms with Crippen LogP contribution in [0.25, 0.3) is 5.78 Å². The van der Waals surface area contributed by atoms with Gasteiger partial charge in [-0.1, -0.05) is 13.3 Å². The van der Waals surface area contributed by atoms with Gasteiger partial charge in [-0.15, -0.1) is 0 Å². The molecular formula is C8H11N5O. The summed E-state index contributed by atoms with van der Waals surface area (Å²) in [5.41, 5.74) is 6.20. The molecule has 3 N–H and O–H groups in total. The van der Waals surface area contributed by atoms with E-state index in [4.69, 9.17) is 5.73 Å². The molecule has 0 unspecified atom stereocenters. The molecule has 0 spiro atoms. The highest BCUT2D eigenvalue weighted by molar-refractivity contribution is 5.45. The molecule has 0 atom stereocenters. The number of anilines is 1. The molecule has 0 aromatic carbocycles. The Morgan fingerprint density at radius 2 is 2.43 bits per heavy atom. The maximum atomic E-state index is 11.6. The quantitative estimate of drug-likeness (QED) is 0.699. The Bertz CT molecular complexity index is 512. The molecule has 0 amide bonds. The van der Waals surface area contributed by atoms with Gasteiger partial charge in [-0.05, 0) is 6.42 Å². The summed E-state index contributed by atoms with van der Waals surface area (Å²) in [6.45, 7) is 2.01. The van der Waals surface area contributed by atoms with Crippen LogP contribution >= 0.6 is 0 Å². The Hall–Kier alpha value is -1.85. The fourth-order valence-electron chi connectivity index (χ4n) is 1.34. The van der Waals surface area contributed by atoms with Gasteiger partial charge in [-0.2, -0.15) is 4.52 Å². The number of aromatic nitrogens is 4. The van der Waals surface area contributed by atoms with Gasteiger partial charge < -0.3 is 5.73 Å². The minimum atomic E-state index is -0.282. The number of nitrogens with two attached hydrogens (primary N) is 1. The summed E-state index contributed by atoms with van der Waals surface area (Å²) in [5.74, 6) is 0.368. The predicted molar refractivity (Wildman–Crippen MR) is 52.0 cm³/mol. The van der Waals surface area contributed by atoms with E-state index in [1.54, 1.807) is 0 Å². The van der Waals surface area contributed by atoms with E-state index in [1.807, 2.05) is 6.92 Å². The Morgan fingerprint density at radius 1 is 1.64 bits per heavy atom. The molecule has 0 fully saturated rings. The number of nitrogens with one attached hydrogen (secondary N) is 1. The van der Waals surface area contributed by atoms with Gasteiger partial charge in [0.25, 0.3) is 11.3 Å². The summed E-state index contributed by atoms with van der Waals surface area (Å²) in [6, 6.07) is 0. The standard InChI is InChI=1S/C8H11N5O/c1-2-3-5-6(9)7(14)13-8(12-5)10-4-11-13/h4H,2-3,9H2,1H3,(H,10,11,12). The molecule has 0 saturated heterocycles. The Morgan fingerprint density at radius 3 is 3.14 bits per heavy atom. The van der Waals surface area contributed by atoms with Crippen molar-refractivity contribution in [2.75, 3.05) is 5.73 Å². The third-order valence-electron chi connectivity index (χ3n) is 2.03. The van der Waals surface area contributed by atoms with Crippen LogP contribution in [0.1, 0.15) is 19.0 Å². The number of hydrogen-bond donors (Lipinski definition) is 2. The normalized spacial score (nSPS) is 10.9. The maximum Gasteiger partial charge on any atom is 0.297 e. The number of aryl methyl sites for hydroxylation is 1. The van der Waals surface area contributed by atoms with Gasteiger partial charge in [0, 0.05) is 0 Å². The van der Waals surface area contributed by atoms with E-state index >= 15 is 0 Å². The van der Waals surface area contributed by atoms with Crippen LogP contribution in [0.5, 0.6) is 0 Å². The third-order valence-corrected chi connectivity index (χ3v) is 2.03. The van der Waals surface area contributed by atoms with E-state index in [0.717, 1.165) is 6.42 Å². The second kappa shape index (κ2) is 3.13. The minimum absolute atomic E-state index is 0.202. The van der Waals surface area contributed by atoms with Crippen LogP contribution in [0, 0.1) is 0 Å². The summed E-state index contributed by atoms with van der Waals surface area (Å²) < 4.78 is 1.23. The molecule has 0 aliphatic heterocycles. The van der Waals surface area contributed by atoms with Gasteiger partial charge in [-0.25, -0.2) is 9.97 Å². The SMILES string of the molecule is CCCc1nc2nc[nH]n2c(=O)c1N. The lowest BCUT2D eigenvalue weighted by Crippen LogP contribution is -2.21. The largest absolute Gasteiger partial charge is 0.393 e. The predicted octanol–water partition coefficient (Wildman–Crippen LogP) is -0.0477. The molecule has 6 nitrogen and oxygen atoms in total. The molecule has 6 heteroatoms. The highest BCUT2D eigenvalue weighted by atomic mass is 16.1. The average molecular weight is 193 g/mol. The molecule has 2 aromatic heterocycles. The number of aromatic amines is 1. The second-order valence-electron chi connectivity index (χ2n) is 3.05. The van der Waals surface area contributed by atoms with Gasteiger partial charge >= 0.3 is 0 Å². The van der Waals surface area contributed by atoms with Crippen LogP contribution < -0.4 is 11.3 Å². The molecule has 14 heavy (non-hydrogen) atoms. The molecule has 0 aliphatic carbocycles. The first-order chi connectivity index (χ1) is 6.74. The van der Waals surface area contributed by atoms with E-state index in [-0.39, 0.29) is 11.2 Å². The van der Waals surface area contributed by atoms with Crippen LogP contribution in [0.15, 0.2) is 11.1 Å². The van der Waals surface area contributed by atoms with Crippen molar-refractivity contribution in [2.24, 2.45) is 0 Å². The smallest absolute Gasteiger partial charge is 0.297 e. The Labute approximate surface area is 79.8 Å². The summed E-state index contributed by atoms with van der Waals surface area (Å²) in [5, 5.41) is 2.65. The minimum Gasteiger partial charge on any atom is -0.393 e. The lowest BCUT2D eigenvalue weighted by molar-refractivity contribution is 0.844. The van der Waals surface area contributed by atoms with Crippen LogP contribution in [0.2, 0.25) is 0 Å². The first kappa shape index (κ1) is 8.74. The zero-order valence-corrected chi connectivity index (χ0v) is 7.82. The monoisotopic (exact) mass is 193 g/mol. The number of nitrogen functional groups attached to an aromatic ring is 1. The van der Waals surface area contributed by atoms with Crippen molar-refractivity contribution in [3.8, 4) is 0 Å². The second-order valence-corrected chi connectivity index (χ2v) is 3.05. The summed E-state index contributed by atoms with van der Waals surface area (Å²) in [7, 11) is 0. The van der Waals surface area contributed by atoms with Crippen molar-refractivity contribution in [3.05, 3.63) is 22.4 Å². The molecule has 0 saturated carbocycles. The summed E-state index contributed by atoms with van der Waals surface area (Å²) in [4.78, 5) is 19.7. The number of hydrogen-bond acceptors (Lipinski definition) is 4. The van der Waals surface area contributed by atoms with Crippen molar-refractivity contribution >= 4 is 11.5 Å². The molecule has 0 aliphatic rings. The zero-order chi connectivity index (χ0) is 10.1. The van der Waals surface area contributed by atoms with Crippen LogP contribution in [-0.2, 0) is 6.42 Å². The molecule has 2 heterocycles. The van der Waals surface area contributed by atoms with Gasteiger partial charge in [0.2, 0.25) is 0 Å². The van der Waals surface area contributed by atoms with E-state index in [2.05, 4.69) is 15.1 Å². The van der Waals surface area contributed by atoms with E-state index < -0.39 is 0 Å². The average Bonchev–Trinajstić information content (AvgIpc) is 2.62. The van der Waals surface area contributed by atoms with Crippen molar-refractivity contribution in [1.82, 2.24) is 19.6 Å². The third kappa shape index (κ3) is 1.15. The van der Waals surface area contributed by atoms with Gasteiger partial charge in [0.15, 0.2) is 0 Å². The van der Waals surface area contributed by atoms with Crippen molar-refractivity contribution < 1.29 is 0 Å². The van der Waals surface area contributed by atoms with E-state index in [0.29, 0.717) is 17.9 Å². The number of nitrogens with zero attached hydrogens (tertiary/aromatic N) is 3. The van der Waals surface area contributed by atoms with Gasteiger partial charge in [0.1, 0.15) is 12.0 Å². The highest BCUT2D eigenvalue weighted by Gasteiger charge is 2.09. The van der Waals surface area contributed by atoms with Gasteiger partial charge in [0.05, 0.1) is 5.69 Å². The van der Waals surface area contributed by atoms with Crippen molar-refractivity contribution in [3.63, 3.8) is 0 Å². The topological polar surface area (TPSA) is 89.1 Å². The number of rotatable bonds is 2. The zero-order valence-electron chi connectivity index (χ0n) is 7.82. The lowest BCUT2D eigenvalue weighted by atomic mass is 10.2. The fraction of sp³-hybridized carbons (Fsp3) is 0.375. The first-order valence-electron chi connectivity index (χ1n) is 4.44. The van der Waals surface area contributed by atoms with Crippen LogP contribution in [-0.4, -0.2) is 19.6 Å². The summed E-state index contributed by atoms with van der Waals surface area (Å²) >= 11 is 0. The molecule has 74 valence electrons. The highest BCUT2D eigenvalue weighted by Crippen LogP contribution is 2.06. The number of H-pyrrole nitrogens is 1. The maximum absolute atomic E-state index is 11.6. The van der Waals surface area contributed by atoms with Crippen LogP contribution in [0.4, 0.5) is 5.69 Å². The first-order valence-corrected chi connectivity index (χ1v) is 4.44. The Kier molecular flexibility index (Phi) is 1.95. The van der Waals surface area contributed by atoms with Gasteiger partial charge in [-0.3, -0.25) is 9.89 Å². The Balaban J connectivity index is 2.74. The fourth-order valence-corrected chi connectivity index (χ4v) is 1.34. The number of fused-ring (bicyclic) bond motifs is 1. The van der Waals surface area contributed by atoms with Crippen molar-refractivity contribution in [2.45, 2.75) is 19.8 Å².